The highest BCUT2D eigenvalue weighted by Gasteiger charge is 2.25. The van der Waals surface area contributed by atoms with E-state index < -0.39 is 0 Å². The lowest BCUT2D eigenvalue weighted by Gasteiger charge is -2.21. The minimum atomic E-state index is -0.148. The van der Waals surface area contributed by atoms with E-state index in [-0.39, 0.29) is 5.56 Å². The lowest BCUT2D eigenvalue weighted by atomic mass is 9.99. The van der Waals surface area contributed by atoms with E-state index >= 15 is 0 Å². The van der Waals surface area contributed by atoms with Crippen molar-refractivity contribution in [3.05, 3.63) is 70.8 Å². The van der Waals surface area contributed by atoms with Gasteiger partial charge in [0, 0.05) is 24.7 Å². The van der Waals surface area contributed by atoms with E-state index in [2.05, 4.69) is 44.5 Å². The van der Waals surface area contributed by atoms with Crippen molar-refractivity contribution in [2.45, 2.75) is 12.3 Å². The van der Waals surface area contributed by atoms with Crippen LogP contribution in [0.4, 0.5) is 5.69 Å². The molecule has 1 aromatic heterocycles. The molecule has 1 aliphatic heterocycles. The van der Waals surface area contributed by atoms with Gasteiger partial charge in [-0.1, -0.05) is 30.3 Å². The summed E-state index contributed by atoms with van der Waals surface area (Å²) in [4.78, 5) is 20.8. The second-order valence-corrected chi connectivity index (χ2v) is 6.62. The van der Waals surface area contributed by atoms with Crippen molar-refractivity contribution in [1.82, 2.24) is 14.9 Å². The van der Waals surface area contributed by atoms with Gasteiger partial charge in [-0.25, -0.2) is 4.98 Å². The number of fused-ring (bicyclic) bond motifs is 1. The van der Waals surface area contributed by atoms with Crippen LogP contribution in [0.5, 0.6) is 0 Å². The summed E-state index contributed by atoms with van der Waals surface area (Å²) in [6.07, 6.45) is 2.50. The van der Waals surface area contributed by atoms with Gasteiger partial charge in [-0.2, -0.15) is 0 Å². The van der Waals surface area contributed by atoms with Gasteiger partial charge in [0.25, 0.3) is 5.56 Å². The standard InChI is InChI=1S/C19H18N4OS/c24-18-16-10-15(6-7-17(16)20-12-21-18)22-19(25)23-9-8-14(11-23)13-4-2-1-3-5-13/h1-7,10,12,14H,8-9,11H2,(H,22,25)(H,20,21,24)/t14-/m1/s1. The van der Waals surface area contributed by atoms with Crippen LogP contribution in [0.2, 0.25) is 0 Å². The Kier molecular flexibility index (Phi) is 4.19. The summed E-state index contributed by atoms with van der Waals surface area (Å²) < 4.78 is 0. The highest BCUT2D eigenvalue weighted by atomic mass is 32.1. The number of anilines is 1. The van der Waals surface area contributed by atoms with Crippen molar-refractivity contribution in [2.75, 3.05) is 18.4 Å². The lowest BCUT2D eigenvalue weighted by molar-refractivity contribution is 0.518. The Morgan fingerprint density at radius 3 is 2.92 bits per heavy atom. The topological polar surface area (TPSA) is 61.0 Å². The molecule has 3 aromatic rings. The molecule has 1 atom stereocenters. The molecule has 0 radical (unpaired) electrons. The zero-order valence-corrected chi connectivity index (χ0v) is 14.4. The van der Waals surface area contributed by atoms with E-state index in [1.807, 2.05) is 18.2 Å². The highest BCUT2D eigenvalue weighted by molar-refractivity contribution is 7.80. The number of H-pyrrole nitrogens is 1. The molecule has 5 nitrogen and oxygen atoms in total. The molecule has 0 aliphatic carbocycles. The molecule has 2 aromatic carbocycles. The molecule has 25 heavy (non-hydrogen) atoms. The van der Waals surface area contributed by atoms with E-state index in [4.69, 9.17) is 12.2 Å². The maximum absolute atomic E-state index is 11.9. The monoisotopic (exact) mass is 350 g/mol. The molecule has 4 rings (SSSR count). The normalized spacial score (nSPS) is 17.0. The minimum Gasteiger partial charge on any atom is -0.348 e. The average molecular weight is 350 g/mol. The molecule has 1 fully saturated rings. The first-order chi connectivity index (χ1) is 12.2. The smallest absolute Gasteiger partial charge is 0.258 e. The van der Waals surface area contributed by atoms with E-state index in [9.17, 15) is 4.79 Å². The molecule has 6 heteroatoms. The van der Waals surface area contributed by atoms with Gasteiger partial charge in [0.15, 0.2) is 5.11 Å². The Morgan fingerprint density at radius 1 is 1.24 bits per heavy atom. The predicted octanol–water partition coefficient (Wildman–Crippen LogP) is 3.11. The molecule has 0 saturated carbocycles. The number of likely N-dealkylation sites (tertiary alicyclic amines) is 1. The summed E-state index contributed by atoms with van der Waals surface area (Å²) in [5.74, 6) is 0.504. The maximum atomic E-state index is 11.9. The number of hydrogen-bond acceptors (Lipinski definition) is 3. The first kappa shape index (κ1) is 15.8. The van der Waals surface area contributed by atoms with Crippen LogP contribution in [-0.4, -0.2) is 33.1 Å². The average Bonchev–Trinajstić information content (AvgIpc) is 3.13. The third-order valence-corrected chi connectivity index (χ3v) is 5.00. The molecule has 126 valence electrons. The number of hydrogen-bond donors (Lipinski definition) is 2. The quantitative estimate of drug-likeness (QED) is 0.696. The van der Waals surface area contributed by atoms with E-state index in [0.29, 0.717) is 21.9 Å². The van der Waals surface area contributed by atoms with Crippen molar-refractivity contribution >= 4 is 33.9 Å². The Hall–Kier alpha value is -2.73. The van der Waals surface area contributed by atoms with Crippen LogP contribution < -0.4 is 10.9 Å². The second kappa shape index (κ2) is 6.64. The van der Waals surface area contributed by atoms with E-state index in [1.54, 1.807) is 6.07 Å². The number of thiocarbonyl (C=S) groups is 1. The molecule has 0 bridgehead atoms. The molecule has 0 spiro atoms. The number of benzene rings is 2. The van der Waals surface area contributed by atoms with Crippen LogP contribution in [-0.2, 0) is 0 Å². The largest absolute Gasteiger partial charge is 0.348 e. The summed E-state index contributed by atoms with van der Waals surface area (Å²) in [6.45, 7) is 1.84. The second-order valence-electron chi connectivity index (χ2n) is 6.24. The van der Waals surface area contributed by atoms with Crippen molar-refractivity contribution < 1.29 is 0 Å². The molecule has 1 saturated heterocycles. The fourth-order valence-corrected chi connectivity index (χ4v) is 3.57. The van der Waals surface area contributed by atoms with Gasteiger partial charge in [-0.15, -0.1) is 0 Å². The number of aromatic amines is 1. The zero-order valence-electron chi connectivity index (χ0n) is 13.6. The summed E-state index contributed by atoms with van der Waals surface area (Å²) in [6, 6.07) is 16.1. The molecule has 2 heterocycles. The minimum absolute atomic E-state index is 0.148. The maximum Gasteiger partial charge on any atom is 0.258 e. The van der Waals surface area contributed by atoms with Crippen LogP contribution in [0.25, 0.3) is 10.9 Å². The van der Waals surface area contributed by atoms with Gasteiger partial charge in [-0.3, -0.25) is 4.79 Å². The SMILES string of the molecule is O=c1[nH]cnc2ccc(NC(=S)N3CC[C@@H](c4ccccc4)C3)cc12. The zero-order chi connectivity index (χ0) is 17.2. The van der Waals surface area contributed by atoms with Crippen molar-refractivity contribution in [3.63, 3.8) is 0 Å². The van der Waals surface area contributed by atoms with Gasteiger partial charge >= 0.3 is 0 Å². The van der Waals surface area contributed by atoms with E-state index in [0.717, 1.165) is 25.2 Å². The summed E-state index contributed by atoms with van der Waals surface area (Å²) in [5, 5.41) is 4.50. The van der Waals surface area contributed by atoms with Crippen LogP contribution >= 0.6 is 12.2 Å². The lowest BCUT2D eigenvalue weighted by Crippen LogP contribution is -2.32. The Labute approximate surface area is 150 Å². The number of aromatic nitrogens is 2. The first-order valence-corrected chi connectivity index (χ1v) is 8.70. The van der Waals surface area contributed by atoms with Crippen LogP contribution in [0.3, 0.4) is 0 Å². The van der Waals surface area contributed by atoms with Crippen molar-refractivity contribution in [1.29, 1.82) is 0 Å². The summed E-state index contributed by atoms with van der Waals surface area (Å²) in [7, 11) is 0. The molecule has 0 amide bonds. The molecule has 2 N–H and O–H groups in total. The highest BCUT2D eigenvalue weighted by Crippen LogP contribution is 2.27. The number of rotatable bonds is 2. The predicted molar refractivity (Wildman–Crippen MR) is 104 cm³/mol. The molecular weight excluding hydrogens is 332 g/mol. The van der Waals surface area contributed by atoms with Crippen LogP contribution in [0.15, 0.2) is 59.7 Å². The van der Waals surface area contributed by atoms with Crippen molar-refractivity contribution in [3.8, 4) is 0 Å². The van der Waals surface area contributed by atoms with E-state index in [1.165, 1.54) is 11.9 Å². The van der Waals surface area contributed by atoms with Crippen LogP contribution in [0, 0.1) is 0 Å². The number of nitrogens with one attached hydrogen (secondary N) is 2. The Morgan fingerprint density at radius 2 is 2.08 bits per heavy atom. The van der Waals surface area contributed by atoms with Crippen molar-refractivity contribution in [2.24, 2.45) is 0 Å². The number of nitrogens with zero attached hydrogens (tertiary/aromatic N) is 2. The fourth-order valence-electron chi connectivity index (χ4n) is 3.29. The van der Waals surface area contributed by atoms with Gasteiger partial charge in [0.2, 0.25) is 0 Å². The first-order valence-electron chi connectivity index (χ1n) is 8.29. The Balaban J connectivity index is 1.47. The molecule has 0 unspecified atom stereocenters. The van der Waals surface area contributed by atoms with Gasteiger partial charge in [-0.05, 0) is 42.4 Å². The molecular formula is C19H18N4OS. The third kappa shape index (κ3) is 3.25. The third-order valence-electron chi connectivity index (χ3n) is 4.64. The summed E-state index contributed by atoms with van der Waals surface area (Å²) >= 11 is 5.57. The molecule has 1 aliphatic rings. The van der Waals surface area contributed by atoms with Gasteiger partial charge < -0.3 is 15.2 Å². The van der Waals surface area contributed by atoms with Gasteiger partial charge in [0.1, 0.15) is 0 Å². The summed E-state index contributed by atoms with van der Waals surface area (Å²) in [5.41, 5.74) is 2.69. The Bertz CT molecular complexity index is 970. The van der Waals surface area contributed by atoms with Crippen LogP contribution in [0.1, 0.15) is 17.9 Å². The fraction of sp³-hybridized carbons (Fsp3) is 0.211. The van der Waals surface area contributed by atoms with Gasteiger partial charge in [0.05, 0.1) is 17.2 Å².